The van der Waals surface area contributed by atoms with Crippen LogP contribution in [0.25, 0.3) is 0 Å². The first-order chi connectivity index (χ1) is 10.5. The highest BCUT2D eigenvalue weighted by atomic mass is 35.5. The van der Waals surface area contributed by atoms with Gasteiger partial charge < -0.3 is 10.4 Å². The molecule has 0 saturated carbocycles. The summed E-state index contributed by atoms with van der Waals surface area (Å²) >= 11 is 6.06. The molecule has 1 amide bonds. The molecule has 4 nitrogen and oxygen atoms in total. The molecule has 3 rings (SSSR count). The number of rotatable bonds is 3. The summed E-state index contributed by atoms with van der Waals surface area (Å²) in [6.07, 6.45) is 4.34. The molecule has 0 heterocycles. The number of nitrogens with one attached hydrogen (secondary N) is 1. The molecular weight excluding hydrogens is 302 g/mol. The van der Waals surface area contributed by atoms with Crippen LogP contribution < -0.4 is 5.32 Å². The number of hydrogen-bond acceptors (Lipinski definition) is 2. The largest absolute Gasteiger partial charge is 0.481 e. The fraction of sp³-hybridized carbons (Fsp3) is 0.412. The third kappa shape index (κ3) is 2.63. The highest BCUT2D eigenvalue weighted by Crippen LogP contribution is 2.44. The average Bonchev–Trinajstić information content (AvgIpc) is 2.84. The Bertz CT molecular complexity index is 668. The van der Waals surface area contributed by atoms with Gasteiger partial charge in [-0.3, -0.25) is 9.59 Å². The SMILES string of the molecule is Cc1c(Cl)cccc1NC(=O)C1CC2=CC(CC2)C1C(=O)O. The number of aliphatic carboxylic acids is 1. The smallest absolute Gasteiger partial charge is 0.307 e. The van der Waals surface area contributed by atoms with Gasteiger partial charge in [0, 0.05) is 10.7 Å². The zero-order chi connectivity index (χ0) is 15.9. The van der Waals surface area contributed by atoms with E-state index in [1.165, 1.54) is 5.57 Å². The Kier molecular flexibility index (Phi) is 3.96. The molecule has 0 radical (unpaired) electrons. The molecule has 1 aromatic carbocycles. The lowest BCUT2D eigenvalue weighted by molar-refractivity contribution is -0.148. The molecule has 22 heavy (non-hydrogen) atoms. The van der Waals surface area contributed by atoms with E-state index in [9.17, 15) is 14.7 Å². The highest BCUT2D eigenvalue weighted by molar-refractivity contribution is 6.31. The van der Waals surface area contributed by atoms with Crippen molar-refractivity contribution in [3.8, 4) is 0 Å². The molecule has 0 aromatic heterocycles. The Hall–Kier alpha value is -1.81. The van der Waals surface area contributed by atoms with Gasteiger partial charge in [-0.1, -0.05) is 29.3 Å². The van der Waals surface area contributed by atoms with E-state index in [1.807, 2.05) is 13.0 Å². The van der Waals surface area contributed by atoms with E-state index < -0.39 is 17.8 Å². The highest BCUT2D eigenvalue weighted by Gasteiger charge is 2.44. The van der Waals surface area contributed by atoms with Crippen LogP contribution in [0.3, 0.4) is 0 Å². The van der Waals surface area contributed by atoms with Gasteiger partial charge in [-0.25, -0.2) is 0 Å². The predicted molar refractivity (Wildman–Crippen MR) is 84.9 cm³/mol. The molecule has 2 N–H and O–H groups in total. The number of halogens is 1. The van der Waals surface area contributed by atoms with E-state index in [1.54, 1.807) is 18.2 Å². The van der Waals surface area contributed by atoms with E-state index in [4.69, 9.17) is 11.6 Å². The number of allylic oxidation sites excluding steroid dienone is 2. The van der Waals surface area contributed by atoms with Crippen LogP contribution in [-0.4, -0.2) is 17.0 Å². The third-order valence-electron chi connectivity index (χ3n) is 4.77. The summed E-state index contributed by atoms with van der Waals surface area (Å²) in [5, 5.41) is 13.0. The van der Waals surface area contributed by atoms with Gasteiger partial charge in [-0.2, -0.15) is 0 Å². The normalized spacial score (nSPS) is 26.5. The Balaban J connectivity index is 1.83. The summed E-state index contributed by atoms with van der Waals surface area (Å²) in [4.78, 5) is 24.2. The summed E-state index contributed by atoms with van der Waals surface area (Å²) < 4.78 is 0. The van der Waals surface area contributed by atoms with Crippen molar-refractivity contribution < 1.29 is 14.7 Å². The molecule has 0 fully saturated rings. The van der Waals surface area contributed by atoms with Crippen LogP contribution in [0.1, 0.15) is 24.8 Å². The van der Waals surface area contributed by atoms with E-state index >= 15 is 0 Å². The van der Waals surface area contributed by atoms with Crippen LogP contribution in [0.5, 0.6) is 0 Å². The van der Waals surface area contributed by atoms with Gasteiger partial charge in [0.1, 0.15) is 0 Å². The molecule has 2 aliphatic carbocycles. The molecule has 2 aliphatic rings. The molecule has 2 bridgehead atoms. The molecular formula is C17H18ClNO3. The number of fused-ring (bicyclic) bond motifs is 1. The van der Waals surface area contributed by atoms with E-state index in [-0.39, 0.29) is 11.8 Å². The van der Waals surface area contributed by atoms with E-state index in [0.717, 1.165) is 18.4 Å². The van der Waals surface area contributed by atoms with Gasteiger partial charge in [0.15, 0.2) is 0 Å². The molecule has 116 valence electrons. The first-order valence-electron chi connectivity index (χ1n) is 7.45. The number of carbonyl (C=O) groups excluding carboxylic acids is 1. The minimum atomic E-state index is -0.884. The lowest BCUT2D eigenvalue weighted by Crippen LogP contribution is -2.38. The minimum absolute atomic E-state index is 0.0162. The van der Waals surface area contributed by atoms with Crippen LogP contribution in [0, 0.1) is 24.7 Å². The number of benzene rings is 1. The molecule has 3 atom stereocenters. The molecule has 1 aromatic rings. The van der Waals surface area contributed by atoms with Crippen molar-refractivity contribution in [2.75, 3.05) is 5.32 Å². The summed E-state index contributed by atoms with van der Waals surface area (Å²) in [7, 11) is 0. The van der Waals surface area contributed by atoms with Crippen LogP contribution in [0.2, 0.25) is 5.02 Å². The number of carboxylic acid groups (broad SMARTS) is 1. The summed E-state index contributed by atoms with van der Waals surface area (Å²) in [6, 6.07) is 5.32. The maximum atomic E-state index is 12.6. The number of carboxylic acids is 1. The lowest BCUT2D eigenvalue weighted by atomic mass is 9.76. The molecule has 0 aliphatic heterocycles. The first kappa shape index (κ1) is 15.1. The summed E-state index contributed by atoms with van der Waals surface area (Å²) in [6.45, 7) is 1.83. The van der Waals surface area contributed by atoms with Crippen molar-refractivity contribution >= 4 is 29.2 Å². The molecule has 5 heteroatoms. The van der Waals surface area contributed by atoms with Crippen molar-refractivity contribution in [3.05, 3.63) is 40.4 Å². The van der Waals surface area contributed by atoms with Gasteiger partial charge in [0.25, 0.3) is 0 Å². The fourth-order valence-electron chi connectivity index (χ4n) is 3.56. The summed E-state index contributed by atoms with van der Waals surface area (Å²) in [5.74, 6) is -2.27. The monoisotopic (exact) mass is 319 g/mol. The first-order valence-corrected chi connectivity index (χ1v) is 7.83. The van der Waals surface area contributed by atoms with Gasteiger partial charge in [0.05, 0.1) is 11.8 Å². The topological polar surface area (TPSA) is 66.4 Å². The fourth-order valence-corrected chi connectivity index (χ4v) is 3.74. The zero-order valence-corrected chi connectivity index (χ0v) is 13.1. The van der Waals surface area contributed by atoms with Crippen LogP contribution in [0.4, 0.5) is 5.69 Å². The van der Waals surface area contributed by atoms with Crippen molar-refractivity contribution in [1.82, 2.24) is 0 Å². The van der Waals surface area contributed by atoms with Crippen LogP contribution in [0.15, 0.2) is 29.8 Å². The maximum Gasteiger partial charge on any atom is 0.307 e. The van der Waals surface area contributed by atoms with Gasteiger partial charge >= 0.3 is 5.97 Å². The minimum Gasteiger partial charge on any atom is -0.481 e. The lowest BCUT2D eigenvalue weighted by Gasteiger charge is -2.29. The third-order valence-corrected chi connectivity index (χ3v) is 5.18. The maximum absolute atomic E-state index is 12.6. The second kappa shape index (κ2) is 5.76. The van der Waals surface area contributed by atoms with Gasteiger partial charge in [-0.05, 0) is 49.8 Å². The Morgan fingerprint density at radius 2 is 2.14 bits per heavy atom. The second-order valence-corrected chi connectivity index (χ2v) is 6.51. The Morgan fingerprint density at radius 1 is 1.36 bits per heavy atom. The Morgan fingerprint density at radius 3 is 2.86 bits per heavy atom. The number of anilines is 1. The zero-order valence-electron chi connectivity index (χ0n) is 12.3. The van der Waals surface area contributed by atoms with Crippen molar-refractivity contribution in [2.45, 2.75) is 26.2 Å². The van der Waals surface area contributed by atoms with Gasteiger partial charge in [-0.15, -0.1) is 0 Å². The average molecular weight is 320 g/mol. The molecule has 0 spiro atoms. The van der Waals surface area contributed by atoms with Gasteiger partial charge in [0.2, 0.25) is 5.91 Å². The molecule has 3 unspecified atom stereocenters. The van der Waals surface area contributed by atoms with Crippen molar-refractivity contribution in [2.24, 2.45) is 17.8 Å². The number of amides is 1. The van der Waals surface area contributed by atoms with Crippen molar-refractivity contribution in [1.29, 1.82) is 0 Å². The molecule has 0 saturated heterocycles. The quantitative estimate of drug-likeness (QED) is 0.836. The predicted octanol–water partition coefficient (Wildman–Crippen LogP) is 3.64. The van der Waals surface area contributed by atoms with Crippen LogP contribution >= 0.6 is 11.6 Å². The number of carbonyl (C=O) groups is 2. The van der Waals surface area contributed by atoms with E-state index in [2.05, 4.69) is 5.32 Å². The summed E-state index contributed by atoms with van der Waals surface area (Å²) in [5.41, 5.74) is 2.65. The standard InChI is InChI=1S/C17H18ClNO3/c1-9-13(18)3-2-4-14(9)19-16(20)12-8-10-5-6-11(7-10)15(12)17(21)22/h2-4,7,11-12,15H,5-6,8H2,1H3,(H,19,20)(H,21,22). The second-order valence-electron chi connectivity index (χ2n) is 6.10. The number of hydrogen-bond donors (Lipinski definition) is 2. The van der Waals surface area contributed by atoms with Crippen molar-refractivity contribution in [3.63, 3.8) is 0 Å². The Labute approximate surface area is 134 Å². The van der Waals surface area contributed by atoms with E-state index in [0.29, 0.717) is 17.1 Å². The van der Waals surface area contributed by atoms with Crippen LogP contribution in [-0.2, 0) is 9.59 Å².